The van der Waals surface area contributed by atoms with Crippen molar-refractivity contribution in [3.8, 4) is 33.9 Å². The summed E-state index contributed by atoms with van der Waals surface area (Å²) in [6, 6.07) is 19.8. The van der Waals surface area contributed by atoms with E-state index in [0.717, 1.165) is 5.56 Å². The fourth-order valence-electron chi connectivity index (χ4n) is 4.87. The minimum Gasteiger partial charge on any atom is -0.336 e. The molecule has 0 aliphatic heterocycles. The second-order valence-corrected chi connectivity index (χ2v) is 9.60. The molecule has 200 valence electrons. The minimum absolute atomic E-state index is 0.213. The van der Waals surface area contributed by atoms with E-state index in [9.17, 15) is 4.39 Å². The van der Waals surface area contributed by atoms with Gasteiger partial charge in [0.05, 0.1) is 16.6 Å². The lowest BCUT2D eigenvalue weighted by Gasteiger charge is -2.08. The average molecular weight is 545 g/mol. The molecular weight excluding hydrogens is 522 g/mol. The Balaban J connectivity index is 1.23. The first-order valence-electron chi connectivity index (χ1n) is 13.0. The fourth-order valence-corrected chi connectivity index (χ4v) is 4.87. The summed E-state index contributed by atoms with van der Waals surface area (Å²) in [6.45, 7) is 1.29. The fraction of sp³-hybridized carbons (Fsp3) is 0.0645. The maximum Gasteiger partial charge on any atom is 0.159 e. The van der Waals surface area contributed by atoms with Crippen molar-refractivity contribution in [2.45, 2.75) is 13.1 Å². The van der Waals surface area contributed by atoms with Gasteiger partial charge in [-0.3, -0.25) is 15.1 Å². The Morgan fingerprint density at radius 1 is 0.780 bits per heavy atom. The van der Waals surface area contributed by atoms with Crippen molar-refractivity contribution < 1.29 is 8.78 Å². The summed E-state index contributed by atoms with van der Waals surface area (Å²) in [5.74, 6) is -0.459. The first kappa shape index (κ1) is 24.7. The molecule has 0 aliphatic carbocycles. The maximum absolute atomic E-state index is 16.1. The van der Waals surface area contributed by atoms with Crippen molar-refractivity contribution in [3.05, 3.63) is 114 Å². The molecule has 0 amide bonds. The molecule has 3 N–H and O–H groups in total. The lowest BCUT2D eigenvalue weighted by molar-refractivity contribution is 0.628. The molecule has 41 heavy (non-hydrogen) atoms. The van der Waals surface area contributed by atoms with E-state index in [0.29, 0.717) is 63.7 Å². The first-order chi connectivity index (χ1) is 20.1. The number of hydrogen-bond donors (Lipinski definition) is 3. The Kier molecular flexibility index (Phi) is 6.21. The predicted molar refractivity (Wildman–Crippen MR) is 152 cm³/mol. The summed E-state index contributed by atoms with van der Waals surface area (Å²) in [7, 11) is 0. The molecular formula is C31H22F2N8. The highest BCUT2D eigenvalue weighted by molar-refractivity contribution is 5.96. The number of hydrogen-bond acceptors (Lipinski definition) is 6. The van der Waals surface area contributed by atoms with Gasteiger partial charge in [-0.1, -0.05) is 30.3 Å². The molecule has 0 saturated carbocycles. The molecule has 0 radical (unpaired) electrons. The number of rotatable bonds is 7. The van der Waals surface area contributed by atoms with E-state index in [1.807, 2.05) is 24.3 Å². The largest absolute Gasteiger partial charge is 0.336 e. The van der Waals surface area contributed by atoms with Crippen molar-refractivity contribution in [2.24, 2.45) is 0 Å². The lowest BCUT2D eigenvalue weighted by Crippen LogP contribution is -2.12. The molecule has 7 aromatic rings. The summed E-state index contributed by atoms with van der Waals surface area (Å²) in [4.78, 5) is 21.2. The van der Waals surface area contributed by atoms with Crippen LogP contribution in [0.3, 0.4) is 0 Å². The van der Waals surface area contributed by atoms with Crippen LogP contribution >= 0.6 is 0 Å². The highest BCUT2D eigenvalue weighted by Crippen LogP contribution is 2.34. The standard InChI is InChI=1S/C31H22F2N8/c32-22-8-6-20(7-9-22)27-28-24(10-11-36-27)38-31(39-28)29-25-26(33)23(17-37-30(25)41-40-29)21-12-19(15-35-16-21)14-34-13-18-4-2-1-3-5-18/h1-12,15-17,34H,13-14H2,(H,38,39)(H,37,40,41). The number of imidazole rings is 1. The Bertz CT molecular complexity index is 2000. The van der Waals surface area contributed by atoms with Crippen molar-refractivity contribution >= 4 is 22.1 Å². The van der Waals surface area contributed by atoms with Gasteiger partial charge < -0.3 is 10.3 Å². The van der Waals surface area contributed by atoms with Gasteiger partial charge in [0.15, 0.2) is 11.5 Å². The third-order valence-corrected chi connectivity index (χ3v) is 6.88. The van der Waals surface area contributed by atoms with Crippen molar-refractivity contribution in [1.82, 2.24) is 40.4 Å². The number of fused-ring (bicyclic) bond motifs is 2. The Morgan fingerprint density at radius 2 is 1.61 bits per heavy atom. The van der Waals surface area contributed by atoms with Gasteiger partial charge in [-0.2, -0.15) is 5.10 Å². The van der Waals surface area contributed by atoms with Gasteiger partial charge in [-0.15, -0.1) is 0 Å². The van der Waals surface area contributed by atoms with Gasteiger partial charge in [0, 0.05) is 54.6 Å². The van der Waals surface area contributed by atoms with Crippen LogP contribution in [0.4, 0.5) is 8.78 Å². The van der Waals surface area contributed by atoms with Gasteiger partial charge in [0.1, 0.15) is 22.8 Å². The van der Waals surface area contributed by atoms with Gasteiger partial charge in [-0.05, 0) is 47.5 Å². The number of aromatic nitrogens is 7. The molecule has 0 fully saturated rings. The highest BCUT2D eigenvalue weighted by Gasteiger charge is 2.21. The minimum atomic E-state index is -0.479. The molecule has 8 nitrogen and oxygen atoms in total. The summed E-state index contributed by atoms with van der Waals surface area (Å²) >= 11 is 0. The summed E-state index contributed by atoms with van der Waals surface area (Å²) < 4.78 is 29.6. The van der Waals surface area contributed by atoms with Crippen molar-refractivity contribution in [3.63, 3.8) is 0 Å². The van der Waals surface area contributed by atoms with Crippen molar-refractivity contribution in [1.29, 1.82) is 0 Å². The molecule has 0 unspecified atom stereocenters. The number of pyridine rings is 3. The van der Waals surface area contributed by atoms with Crippen LogP contribution in [0.1, 0.15) is 11.1 Å². The van der Waals surface area contributed by atoms with E-state index in [1.54, 1.807) is 36.8 Å². The summed E-state index contributed by atoms with van der Waals surface area (Å²) in [5.41, 5.74) is 6.14. The quantitative estimate of drug-likeness (QED) is 0.221. The zero-order valence-corrected chi connectivity index (χ0v) is 21.6. The highest BCUT2D eigenvalue weighted by atomic mass is 19.1. The van der Waals surface area contributed by atoms with Gasteiger partial charge in [0.2, 0.25) is 0 Å². The lowest BCUT2D eigenvalue weighted by atomic mass is 10.1. The van der Waals surface area contributed by atoms with E-state index in [2.05, 4.69) is 47.6 Å². The molecule has 0 spiro atoms. The molecule has 0 atom stereocenters. The molecule has 5 heterocycles. The molecule has 0 aliphatic rings. The number of H-pyrrole nitrogens is 2. The first-order valence-corrected chi connectivity index (χ1v) is 13.0. The summed E-state index contributed by atoms with van der Waals surface area (Å²) in [6.07, 6.45) is 6.50. The third kappa shape index (κ3) is 4.70. The Labute approximate surface area is 232 Å². The van der Waals surface area contributed by atoms with Crippen LogP contribution in [0.15, 0.2) is 91.5 Å². The predicted octanol–water partition coefficient (Wildman–Crippen LogP) is 6.19. The van der Waals surface area contributed by atoms with Crippen LogP contribution in [-0.2, 0) is 13.1 Å². The zero-order valence-electron chi connectivity index (χ0n) is 21.6. The monoisotopic (exact) mass is 544 g/mol. The van der Waals surface area contributed by atoms with Crippen LogP contribution in [0.25, 0.3) is 56.0 Å². The number of nitrogens with zero attached hydrogens (tertiary/aromatic N) is 5. The second-order valence-electron chi connectivity index (χ2n) is 9.60. The second kappa shape index (κ2) is 10.3. The molecule has 7 rings (SSSR count). The van der Waals surface area contributed by atoms with E-state index in [4.69, 9.17) is 4.98 Å². The molecule has 5 aromatic heterocycles. The number of benzene rings is 2. The number of nitrogens with one attached hydrogen (secondary N) is 3. The van der Waals surface area contributed by atoms with E-state index < -0.39 is 5.82 Å². The SMILES string of the molecule is Fc1ccc(-c2nccc3[nH]c(-c4n[nH]c5ncc(-c6cncc(CNCc7ccccc7)c6)c(F)c45)nc23)cc1. The normalized spacial score (nSPS) is 11.5. The molecule has 0 bridgehead atoms. The Morgan fingerprint density at radius 3 is 2.46 bits per heavy atom. The zero-order chi connectivity index (χ0) is 27.8. The van der Waals surface area contributed by atoms with Crippen LogP contribution < -0.4 is 5.32 Å². The number of aromatic amines is 2. The summed E-state index contributed by atoms with van der Waals surface area (Å²) in [5, 5.41) is 10.8. The van der Waals surface area contributed by atoms with E-state index >= 15 is 4.39 Å². The topological polar surface area (TPSA) is 108 Å². The third-order valence-electron chi connectivity index (χ3n) is 6.88. The van der Waals surface area contributed by atoms with Crippen LogP contribution in [0.5, 0.6) is 0 Å². The van der Waals surface area contributed by atoms with E-state index in [-0.39, 0.29) is 11.2 Å². The maximum atomic E-state index is 16.1. The van der Waals surface area contributed by atoms with Gasteiger partial charge in [-0.25, -0.2) is 18.7 Å². The van der Waals surface area contributed by atoms with Gasteiger partial charge >= 0.3 is 0 Å². The number of halogens is 2. The van der Waals surface area contributed by atoms with Gasteiger partial charge in [0.25, 0.3) is 0 Å². The molecule has 10 heteroatoms. The smallest absolute Gasteiger partial charge is 0.159 e. The van der Waals surface area contributed by atoms with Crippen molar-refractivity contribution in [2.75, 3.05) is 0 Å². The van der Waals surface area contributed by atoms with Crippen LogP contribution in [-0.4, -0.2) is 35.1 Å². The average Bonchev–Trinajstić information content (AvgIpc) is 3.63. The Hall–Kier alpha value is -5.35. The molecule has 2 aromatic carbocycles. The molecule has 0 saturated heterocycles. The van der Waals surface area contributed by atoms with Crippen LogP contribution in [0.2, 0.25) is 0 Å². The van der Waals surface area contributed by atoms with Crippen LogP contribution in [0, 0.1) is 11.6 Å². The van der Waals surface area contributed by atoms with E-state index in [1.165, 1.54) is 23.9 Å².